The van der Waals surface area contributed by atoms with Crippen molar-refractivity contribution in [3.63, 3.8) is 0 Å². The normalized spacial score (nSPS) is 11.4. The smallest absolute Gasteiger partial charge is 0.148 e. The molecule has 21 heavy (non-hydrogen) atoms. The molecule has 2 aromatic rings. The van der Waals surface area contributed by atoms with Crippen molar-refractivity contribution in [2.75, 3.05) is 11.1 Å². The van der Waals surface area contributed by atoms with Crippen LogP contribution in [0.15, 0.2) is 24.3 Å². The molecule has 3 N–H and O–H groups in total. The molecule has 1 heterocycles. The molecule has 0 saturated heterocycles. The number of aromatic nitrogens is 2. The van der Waals surface area contributed by atoms with Crippen LogP contribution < -0.4 is 11.1 Å². The van der Waals surface area contributed by atoms with Crippen LogP contribution in [0.1, 0.15) is 56.4 Å². The molecule has 114 valence electrons. The van der Waals surface area contributed by atoms with Gasteiger partial charge in [-0.1, -0.05) is 52.0 Å². The van der Waals surface area contributed by atoms with Crippen LogP contribution >= 0.6 is 0 Å². The van der Waals surface area contributed by atoms with E-state index in [0.29, 0.717) is 11.8 Å². The van der Waals surface area contributed by atoms with Gasteiger partial charge >= 0.3 is 0 Å². The number of nitrogens with zero attached hydrogens (tertiary/aromatic N) is 2. The van der Waals surface area contributed by atoms with E-state index >= 15 is 0 Å². The summed E-state index contributed by atoms with van der Waals surface area (Å²) in [4.78, 5) is 0. The van der Waals surface area contributed by atoms with Gasteiger partial charge in [-0.05, 0) is 23.0 Å². The molecule has 0 radical (unpaired) electrons. The van der Waals surface area contributed by atoms with Gasteiger partial charge in [-0.25, -0.2) is 0 Å². The van der Waals surface area contributed by atoms with E-state index in [2.05, 4.69) is 62.4 Å². The molecule has 0 saturated carbocycles. The lowest BCUT2D eigenvalue weighted by Gasteiger charge is -2.10. The van der Waals surface area contributed by atoms with E-state index in [1.165, 1.54) is 11.1 Å². The van der Waals surface area contributed by atoms with Gasteiger partial charge in [0, 0.05) is 13.6 Å². The van der Waals surface area contributed by atoms with E-state index < -0.39 is 0 Å². The van der Waals surface area contributed by atoms with Crippen molar-refractivity contribution in [3.05, 3.63) is 41.1 Å². The summed E-state index contributed by atoms with van der Waals surface area (Å²) in [6.45, 7) is 9.37. The summed E-state index contributed by atoms with van der Waals surface area (Å²) in [7, 11) is 1.92. The molecule has 0 amide bonds. The van der Waals surface area contributed by atoms with Crippen LogP contribution in [0.3, 0.4) is 0 Å². The van der Waals surface area contributed by atoms with Crippen molar-refractivity contribution in [1.29, 1.82) is 0 Å². The number of benzene rings is 1. The van der Waals surface area contributed by atoms with E-state index in [1.807, 2.05) is 11.7 Å². The number of nitrogens with one attached hydrogen (secondary N) is 1. The number of nitrogens with two attached hydrogens (primary N) is 1. The second kappa shape index (κ2) is 6.20. The molecule has 0 spiro atoms. The predicted molar refractivity (Wildman–Crippen MR) is 89.6 cm³/mol. The summed E-state index contributed by atoms with van der Waals surface area (Å²) in [5.41, 5.74) is 10.5. The van der Waals surface area contributed by atoms with Crippen molar-refractivity contribution in [1.82, 2.24) is 9.78 Å². The lowest BCUT2D eigenvalue weighted by molar-refractivity contribution is 0.715. The fourth-order valence-electron chi connectivity index (χ4n) is 2.40. The number of nitrogen functional groups attached to an aromatic ring is 1. The van der Waals surface area contributed by atoms with Crippen LogP contribution in [0.2, 0.25) is 0 Å². The maximum absolute atomic E-state index is 6.19. The third-order valence-corrected chi connectivity index (χ3v) is 3.77. The monoisotopic (exact) mass is 286 g/mol. The summed E-state index contributed by atoms with van der Waals surface area (Å²) >= 11 is 0. The minimum Gasteiger partial charge on any atom is -0.394 e. The molecule has 0 atom stereocenters. The molecule has 1 aromatic heterocycles. The fourth-order valence-corrected chi connectivity index (χ4v) is 2.40. The third kappa shape index (κ3) is 3.38. The van der Waals surface area contributed by atoms with Crippen LogP contribution in [0.4, 0.5) is 11.5 Å². The highest BCUT2D eigenvalue weighted by molar-refractivity contribution is 5.65. The predicted octanol–water partition coefficient (Wildman–Crippen LogP) is 3.86. The number of hydrogen-bond acceptors (Lipinski definition) is 3. The molecule has 0 aliphatic carbocycles. The summed E-state index contributed by atoms with van der Waals surface area (Å²) < 4.78 is 1.83. The highest BCUT2D eigenvalue weighted by atomic mass is 15.3. The number of hydrogen-bond donors (Lipinski definition) is 2. The fraction of sp³-hybridized carbons (Fsp3) is 0.471. The standard InChI is InChI=1S/C17H26N4/c1-11(2)14-8-6-13(7-9-14)10-19-17-15(18)16(12(3)4)20-21(17)5/h6-9,11-12,19H,10,18H2,1-5H3. The Morgan fingerprint density at radius 1 is 1.10 bits per heavy atom. The first-order chi connectivity index (χ1) is 9.90. The lowest BCUT2D eigenvalue weighted by atomic mass is 10.0. The molecule has 0 fully saturated rings. The molecule has 4 nitrogen and oxygen atoms in total. The second-order valence-electron chi connectivity index (χ2n) is 6.18. The first-order valence-corrected chi connectivity index (χ1v) is 7.55. The van der Waals surface area contributed by atoms with Crippen LogP contribution in [0.25, 0.3) is 0 Å². The highest BCUT2D eigenvalue weighted by Gasteiger charge is 2.15. The number of aryl methyl sites for hydroxylation is 1. The van der Waals surface area contributed by atoms with Gasteiger partial charge in [-0.3, -0.25) is 4.68 Å². The number of rotatable bonds is 5. The van der Waals surface area contributed by atoms with Gasteiger partial charge < -0.3 is 11.1 Å². The second-order valence-corrected chi connectivity index (χ2v) is 6.18. The quantitative estimate of drug-likeness (QED) is 0.877. The zero-order valence-corrected chi connectivity index (χ0v) is 13.6. The van der Waals surface area contributed by atoms with Gasteiger partial charge in [-0.2, -0.15) is 5.10 Å². The summed E-state index contributed by atoms with van der Waals surface area (Å²) in [5.74, 6) is 1.79. The number of anilines is 2. The lowest BCUT2D eigenvalue weighted by Crippen LogP contribution is -2.06. The maximum Gasteiger partial charge on any atom is 0.148 e. The van der Waals surface area contributed by atoms with E-state index in [9.17, 15) is 0 Å². The van der Waals surface area contributed by atoms with Crippen molar-refractivity contribution in [2.24, 2.45) is 7.05 Å². The SMILES string of the molecule is CC(C)c1ccc(CNc2c(N)c(C(C)C)nn2C)cc1. The van der Waals surface area contributed by atoms with E-state index in [4.69, 9.17) is 5.73 Å². The average molecular weight is 286 g/mol. The van der Waals surface area contributed by atoms with Crippen molar-refractivity contribution in [2.45, 2.75) is 46.1 Å². The summed E-state index contributed by atoms with van der Waals surface area (Å²) in [6, 6.07) is 8.71. The van der Waals surface area contributed by atoms with E-state index in [0.717, 1.165) is 23.7 Å². The molecular weight excluding hydrogens is 260 g/mol. The molecular formula is C17H26N4. The van der Waals surface area contributed by atoms with Crippen molar-refractivity contribution < 1.29 is 0 Å². The minimum atomic E-state index is 0.331. The van der Waals surface area contributed by atoms with Gasteiger partial charge in [0.15, 0.2) is 0 Å². The Bertz CT molecular complexity index is 594. The van der Waals surface area contributed by atoms with Crippen molar-refractivity contribution in [3.8, 4) is 0 Å². The van der Waals surface area contributed by atoms with E-state index in [1.54, 1.807) is 0 Å². The Hall–Kier alpha value is -1.97. The van der Waals surface area contributed by atoms with Gasteiger partial charge in [0.25, 0.3) is 0 Å². The highest BCUT2D eigenvalue weighted by Crippen LogP contribution is 2.28. The Balaban J connectivity index is 2.09. The van der Waals surface area contributed by atoms with Gasteiger partial charge in [0.1, 0.15) is 5.82 Å². The topological polar surface area (TPSA) is 55.9 Å². The van der Waals surface area contributed by atoms with Crippen LogP contribution in [-0.4, -0.2) is 9.78 Å². The first-order valence-electron chi connectivity index (χ1n) is 7.55. The van der Waals surface area contributed by atoms with Crippen molar-refractivity contribution >= 4 is 11.5 Å². The Morgan fingerprint density at radius 2 is 1.71 bits per heavy atom. The third-order valence-electron chi connectivity index (χ3n) is 3.77. The maximum atomic E-state index is 6.19. The van der Waals surface area contributed by atoms with Crippen LogP contribution in [-0.2, 0) is 13.6 Å². The molecule has 2 rings (SSSR count). The zero-order chi connectivity index (χ0) is 15.6. The summed E-state index contributed by atoms with van der Waals surface area (Å²) in [5, 5.41) is 7.89. The van der Waals surface area contributed by atoms with E-state index in [-0.39, 0.29) is 0 Å². The molecule has 4 heteroatoms. The Kier molecular flexibility index (Phi) is 4.56. The Morgan fingerprint density at radius 3 is 2.19 bits per heavy atom. The summed E-state index contributed by atoms with van der Waals surface area (Å²) in [6.07, 6.45) is 0. The van der Waals surface area contributed by atoms with Crippen LogP contribution in [0.5, 0.6) is 0 Å². The minimum absolute atomic E-state index is 0.331. The Labute approximate surface area is 127 Å². The zero-order valence-electron chi connectivity index (χ0n) is 13.6. The molecule has 0 aliphatic rings. The van der Waals surface area contributed by atoms with Gasteiger partial charge in [0.2, 0.25) is 0 Å². The largest absolute Gasteiger partial charge is 0.394 e. The molecule has 0 aliphatic heterocycles. The van der Waals surface area contributed by atoms with Gasteiger partial charge in [0.05, 0.1) is 11.4 Å². The molecule has 1 aromatic carbocycles. The van der Waals surface area contributed by atoms with Gasteiger partial charge in [-0.15, -0.1) is 0 Å². The molecule has 0 bridgehead atoms. The first kappa shape index (κ1) is 15.4. The molecule has 0 unspecified atom stereocenters. The van der Waals surface area contributed by atoms with Crippen LogP contribution in [0, 0.1) is 0 Å². The average Bonchev–Trinajstić information content (AvgIpc) is 2.72.